The van der Waals surface area contributed by atoms with E-state index in [2.05, 4.69) is 68.6 Å². The summed E-state index contributed by atoms with van der Waals surface area (Å²) in [4.78, 5) is 24.1. The zero-order chi connectivity index (χ0) is 25.4. The Morgan fingerprint density at radius 2 is 1.92 bits per heavy atom. The smallest absolute Gasteiger partial charge is 0.226 e. The lowest BCUT2D eigenvalue weighted by Gasteiger charge is -2.30. The standard InChI is InChI=1S/C29H36N6O/c1-18(2)16-31-22-10-7-20(8-11-22)26-24(25-27(30)32-17-33-28(25)34(26)4)23-12-9-21(15-19(23)3)29(36)35-13-5-6-14-35/h7-8,10-12,17,19,21,31H,1,5-6,9,13-16H2,2-4H3,(H2,30,32,33)/t19-,21-/m1/s1. The zero-order valence-electron chi connectivity index (χ0n) is 21.6. The topological polar surface area (TPSA) is 89.1 Å². The lowest BCUT2D eigenvalue weighted by molar-refractivity contribution is -0.134. The van der Waals surface area contributed by atoms with Crippen LogP contribution in [-0.2, 0) is 11.8 Å². The molecule has 5 rings (SSSR count). The fourth-order valence-corrected chi connectivity index (χ4v) is 5.76. The second-order valence-electron chi connectivity index (χ2n) is 10.4. The summed E-state index contributed by atoms with van der Waals surface area (Å²) in [7, 11) is 2.04. The van der Waals surface area contributed by atoms with E-state index in [0.717, 1.165) is 84.4 Å². The Morgan fingerprint density at radius 1 is 1.19 bits per heavy atom. The van der Waals surface area contributed by atoms with E-state index in [1.165, 1.54) is 11.9 Å². The van der Waals surface area contributed by atoms with E-state index in [4.69, 9.17) is 5.73 Å². The van der Waals surface area contributed by atoms with E-state index in [-0.39, 0.29) is 11.8 Å². The summed E-state index contributed by atoms with van der Waals surface area (Å²) in [5.41, 5.74) is 13.9. The lowest BCUT2D eigenvalue weighted by Crippen LogP contribution is -2.35. The Kier molecular flexibility index (Phi) is 6.56. The number of carbonyl (C=O) groups excluding carboxylic acids is 1. The van der Waals surface area contributed by atoms with Crippen molar-refractivity contribution in [2.45, 2.75) is 39.5 Å². The van der Waals surface area contributed by atoms with Crippen LogP contribution in [-0.4, -0.2) is 45.0 Å². The highest BCUT2D eigenvalue weighted by atomic mass is 16.2. The van der Waals surface area contributed by atoms with Gasteiger partial charge in [-0.15, -0.1) is 0 Å². The number of nitrogen functional groups attached to an aromatic ring is 1. The van der Waals surface area contributed by atoms with E-state index in [9.17, 15) is 4.79 Å². The van der Waals surface area contributed by atoms with Gasteiger partial charge in [0.2, 0.25) is 5.91 Å². The maximum atomic E-state index is 13.1. The van der Waals surface area contributed by atoms with E-state index in [1.54, 1.807) is 0 Å². The monoisotopic (exact) mass is 484 g/mol. The molecule has 0 radical (unpaired) electrons. The molecule has 0 spiro atoms. The van der Waals surface area contributed by atoms with Crippen molar-refractivity contribution in [2.24, 2.45) is 18.9 Å². The number of nitrogens with zero attached hydrogens (tertiary/aromatic N) is 4. The molecule has 2 aromatic heterocycles. The van der Waals surface area contributed by atoms with Crippen molar-refractivity contribution in [1.82, 2.24) is 19.4 Å². The van der Waals surface area contributed by atoms with Crippen LogP contribution in [0.5, 0.6) is 0 Å². The number of nitrogens with one attached hydrogen (secondary N) is 1. The summed E-state index contributed by atoms with van der Waals surface area (Å²) in [5.74, 6) is 1.07. The van der Waals surface area contributed by atoms with Crippen molar-refractivity contribution in [1.29, 1.82) is 0 Å². The lowest BCUT2D eigenvalue weighted by atomic mass is 9.77. The average molecular weight is 485 g/mol. The van der Waals surface area contributed by atoms with Crippen molar-refractivity contribution in [3.8, 4) is 11.3 Å². The quantitative estimate of drug-likeness (QED) is 0.466. The number of hydrogen-bond acceptors (Lipinski definition) is 5. The molecular formula is C29H36N6O. The van der Waals surface area contributed by atoms with Crippen LogP contribution in [0.4, 0.5) is 11.5 Å². The molecule has 1 amide bonds. The van der Waals surface area contributed by atoms with Gasteiger partial charge in [-0.25, -0.2) is 9.97 Å². The van der Waals surface area contributed by atoms with Gasteiger partial charge in [0, 0.05) is 43.9 Å². The predicted octanol–water partition coefficient (Wildman–Crippen LogP) is 5.26. The minimum absolute atomic E-state index is 0.0487. The molecule has 3 N–H and O–H groups in total. The molecular weight excluding hydrogens is 448 g/mol. The maximum absolute atomic E-state index is 13.1. The van der Waals surface area contributed by atoms with Gasteiger partial charge in [0.1, 0.15) is 17.8 Å². The fraction of sp³-hybridized carbons (Fsp3) is 0.414. The second kappa shape index (κ2) is 9.80. The van der Waals surface area contributed by atoms with Crippen LogP contribution >= 0.6 is 0 Å². The maximum Gasteiger partial charge on any atom is 0.226 e. The molecule has 0 saturated carbocycles. The van der Waals surface area contributed by atoms with Gasteiger partial charge in [0.25, 0.3) is 0 Å². The van der Waals surface area contributed by atoms with Crippen LogP contribution in [0.3, 0.4) is 0 Å². The highest BCUT2D eigenvalue weighted by Gasteiger charge is 2.33. The minimum atomic E-state index is 0.0487. The van der Waals surface area contributed by atoms with Gasteiger partial charge < -0.3 is 20.5 Å². The molecule has 7 nitrogen and oxygen atoms in total. The molecule has 1 aromatic carbocycles. The van der Waals surface area contributed by atoms with Crippen molar-refractivity contribution < 1.29 is 4.79 Å². The van der Waals surface area contributed by atoms with Gasteiger partial charge in [-0.2, -0.15) is 0 Å². The highest BCUT2D eigenvalue weighted by Crippen LogP contribution is 2.45. The van der Waals surface area contributed by atoms with Crippen LogP contribution in [0, 0.1) is 11.8 Å². The Balaban J connectivity index is 1.56. The molecule has 1 aliphatic heterocycles. The fourth-order valence-electron chi connectivity index (χ4n) is 5.76. The number of rotatable bonds is 6. The Bertz CT molecular complexity index is 1330. The first kappa shape index (κ1) is 24.1. The number of aromatic nitrogens is 3. The highest BCUT2D eigenvalue weighted by molar-refractivity contribution is 6.04. The normalized spacial score (nSPS) is 20.0. The molecule has 2 aliphatic rings. The number of benzene rings is 1. The molecule has 0 bridgehead atoms. The molecule has 1 aliphatic carbocycles. The number of aryl methyl sites for hydroxylation is 1. The Hall–Kier alpha value is -3.61. The molecule has 0 unspecified atom stereocenters. The van der Waals surface area contributed by atoms with Crippen LogP contribution < -0.4 is 11.1 Å². The van der Waals surface area contributed by atoms with Crippen molar-refractivity contribution in [3.05, 3.63) is 54.4 Å². The largest absolute Gasteiger partial charge is 0.383 e. The first-order valence-electron chi connectivity index (χ1n) is 12.9. The molecule has 1 fully saturated rings. The summed E-state index contributed by atoms with van der Waals surface area (Å²) < 4.78 is 2.12. The van der Waals surface area contributed by atoms with Crippen LogP contribution in [0.2, 0.25) is 0 Å². The van der Waals surface area contributed by atoms with E-state index in [0.29, 0.717) is 11.7 Å². The van der Waals surface area contributed by atoms with Gasteiger partial charge in [-0.05, 0) is 61.8 Å². The number of anilines is 2. The summed E-state index contributed by atoms with van der Waals surface area (Å²) in [6, 6.07) is 8.46. The number of hydrogen-bond donors (Lipinski definition) is 2. The molecule has 3 heterocycles. The number of carbonyl (C=O) groups is 1. The van der Waals surface area contributed by atoms with Gasteiger partial charge in [0.05, 0.1) is 11.1 Å². The van der Waals surface area contributed by atoms with Gasteiger partial charge in [0.15, 0.2) is 0 Å². The molecule has 2 atom stereocenters. The minimum Gasteiger partial charge on any atom is -0.383 e. The summed E-state index contributed by atoms with van der Waals surface area (Å²) in [6.45, 7) is 10.7. The number of fused-ring (bicyclic) bond motifs is 1. The summed E-state index contributed by atoms with van der Waals surface area (Å²) >= 11 is 0. The van der Waals surface area contributed by atoms with E-state index in [1.807, 2.05) is 14.0 Å². The third-order valence-corrected chi connectivity index (χ3v) is 7.60. The second-order valence-corrected chi connectivity index (χ2v) is 10.4. The third-order valence-electron chi connectivity index (χ3n) is 7.60. The summed E-state index contributed by atoms with van der Waals surface area (Å²) in [5, 5.41) is 4.29. The van der Waals surface area contributed by atoms with Crippen molar-refractivity contribution in [2.75, 3.05) is 30.7 Å². The number of allylic oxidation sites excluding steroid dienone is 2. The molecule has 36 heavy (non-hydrogen) atoms. The van der Waals surface area contributed by atoms with Crippen LogP contribution in [0.15, 0.2) is 48.8 Å². The molecule has 188 valence electrons. The van der Waals surface area contributed by atoms with E-state index < -0.39 is 0 Å². The van der Waals surface area contributed by atoms with Gasteiger partial charge >= 0.3 is 0 Å². The zero-order valence-corrected chi connectivity index (χ0v) is 21.6. The van der Waals surface area contributed by atoms with Crippen molar-refractivity contribution >= 4 is 34.0 Å². The third kappa shape index (κ3) is 4.38. The molecule has 1 saturated heterocycles. The molecule has 3 aromatic rings. The van der Waals surface area contributed by atoms with Gasteiger partial charge in [-0.1, -0.05) is 37.3 Å². The van der Waals surface area contributed by atoms with E-state index >= 15 is 0 Å². The summed E-state index contributed by atoms with van der Waals surface area (Å²) in [6.07, 6.45) is 7.63. The van der Waals surface area contributed by atoms with Crippen LogP contribution in [0.1, 0.15) is 45.1 Å². The van der Waals surface area contributed by atoms with Crippen LogP contribution in [0.25, 0.3) is 27.9 Å². The predicted molar refractivity (Wildman–Crippen MR) is 147 cm³/mol. The Morgan fingerprint density at radius 3 is 2.58 bits per heavy atom. The first-order valence-corrected chi connectivity index (χ1v) is 12.9. The van der Waals surface area contributed by atoms with Crippen molar-refractivity contribution in [3.63, 3.8) is 0 Å². The number of amides is 1. The number of nitrogens with two attached hydrogens (primary N) is 1. The first-order chi connectivity index (χ1) is 17.3. The molecule has 7 heteroatoms. The SMILES string of the molecule is C=C(C)CNc1ccc(-c2c(C3=CC[C@@H](C(=O)N4CCCC4)C[C@H]3C)c3c(N)ncnc3n2C)cc1. The van der Waals surface area contributed by atoms with Gasteiger partial charge in [-0.3, -0.25) is 4.79 Å². The Labute approximate surface area is 213 Å². The number of likely N-dealkylation sites (tertiary alicyclic amines) is 1. The average Bonchev–Trinajstić information content (AvgIpc) is 3.50.